The summed E-state index contributed by atoms with van der Waals surface area (Å²) in [4.78, 5) is 11.4. The first-order chi connectivity index (χ1) is 7.75. The fraction of sp³-hybridized carbons (Fsp3) is 0.636. The Morgan fingerprint density at radius 1 is 1.59 bits per heavy atom. The first kappa shape index (κ1) is 14.0. The van der Waals surface area contributed by atoms with Crippen LogP contribution in [-0.2, 0) is 18.4 Å². The average molecular weight is 259 g/mol. The van der Waals surface area contributed by atoms with Crippen LogP contribution in [0.1, 0.15) is 18.5 Å². The SMILES string of the molecule is Cl.Cn1nccc1CNC(=O)CNCC1CC1. The summed E-state index contributed by atoms with van der Waals surface area (Å²) >= 11 is 0. The molecule has 17 heavy (non-hydrogen) atoms. The van der Waals surface area contributed by atoms with Gasteiger partial charge >= 0.3 is 0 Å². The van der Waals surface area contributed by atoms with Gasteiger partial charge in [0, 0.05) is 13.2 Å². The highest BCUT2D eigenvalue weighted by atomic mass is 35.5. The molecule has 0 aromatic carbocycles. The Hall–Kier alpha value is -1.07. The van der Waals surface area contributed by atoms with Crippen LogP contribution in [-0.4, -0.2) is 28.8 Å². The highest BCUT2D eigenvalue weighted by molar-refractivity contribution is 5.85. The average Bonchev–Trinajstić information content (AvgIpc) is 2.99. The smallest absolute Gasteiger partial charge is 0.234 e. The van der Waals surface area contributed by atoms with E-state index >= 15 is 0 Å². The number of nitrogens with zero attached hydrogens (tertiary/aromatic N) is 2. The lowest BCUT2D eigenvalue weighted by molar-refractivity contribution is -0.120. The molecule has 1 amide bonds. The molecule has 6 heteroatoms. The predicted molar refractivity (Wildman–Crippen MR) is 67.9 cm³/mol. The van der Waals surface area contributed by atoms with Crippen LogP contribution >= 0.6 is 12.4 Å². The molecule has 2 N–H and O–H groups in total. The maximum absolute atomic E-state index is 11.4. The molecule has 0 radical (unpaired) electrons. The number of aryl methyl sites for hydroxylation is 1. The third-order valence-corrected chi connectivity index (χ3v) is 2.80. The van der Waals surface area contributed by atoms with Gasteiger partial charge in [0.25, 0.3) is 0 Å². The Balaban J connectivity index is 0.00000144. The van der Waals surface area contributed by atoms with E-state index in [0.717, 1.165) is 18.2 Å². The van der Waals surface area contributed by atoms with Crippen molar-refractivity contribution in [1.29, 1.82) is 0 Å². The van der Waals surface area contributed by atoms with Gasteiger partial charge in [-0.1, -0.05) is 0 Å². The standard InChI is InChI=1S/C11H18N4O.ClH/c1-15-10(4-5-14-15)7-13-11(16)8-12-6-9-2-3-9;/h4-5,9,12H,2-3,6-8H2,1H3,(H,13,16);1H. The fourth-order valence-corrected chi connectivity index (χ4v) is 1.54. The third kappa shape index (κ3) is 4.75. The molecule has 0 atom stereocenters. The Labute approximate surface area is 107 Å². The molecule has 0 spiro atoms. The van der Waals surface area contributed by atoms with Crippen LogP contribution in [0.4, 0.5) is 0 Å². The van der Waals surface area contributed by atoms with E-state index in [1.807, 2.05) is 13.1 Å². The van der Waals surface area contributed by atoms with E-state index in [9.17, 15) is 4.79 Å². The van der Waals surface area contributed by atoms with E-state index in [4.69, 9.17) is 0 Å². The highest BCUT2D eigenvalue weighted by Crippen LogP contribution is 2.27. The maximum atomic E-state index is 11.4. The number of amides is 1. The summed E-state index contributed by atoms with van der Waals surface area (Å²) in [6, 6.07) is 1.90. The van der Waals surface area contributed by atoms with Gasteiger partial charge in [-0.2, -0.15) is 5.10 Å². The number of carbonyl (C=O) groups excluding carboxylic acids is 1. The van der Waals surface area contributed by atoms with Crippen molar-refractivity contribution < 1.29 is 4.79 Å². The van der Waals surface area contributed by atoms with E-state index in [-0.39, 0.29) is 18.3 Å². The van der Waals surface area contributed by atoms with Crippen LogP contribution in [0.5, 0.6) is 0 Å². The topological polar surface area (TPSA) is 59.0 Å². The second kappa shape index (κ2) is 6.61. The van der Waals surface area contributed by atoms with Gasteiger partial charge in [0.15, 0.2) is 0 Å². The van der Waals surface area contributed by atoms with Crippen molar-refractivity contribution in [2.75, 3.05) is 13.1 Å². The molecule has 2 rings (SSSR count). The Kier molecular flexibility index (Phi) is 5.44. The molecule has 0 unspecified atom stereocenters. The number of halogens is 1. The van der Waals surface area contributed by atoms with E-state index in [1.165, 1.54) is 12.8 Å². The van der Waals surface area contributed by atoms with Gasteiger partial charge in [-0.05, 0) is 31.4 Å². The molecule has 1 aliphatic rings. The minimum absolute atomic E-state index is 0. The van der Waals surface area contributed by atoms with E-state index in [2.05, 4.69) is 15.7 Å². The van der Waals surface area contributed by atoms with Gasteiger partial charge in [0.2, 0.25) is 5.91 Å². The summed E-state index contributed by atoms with van der Waals surface area (Å²) in [5.41, 5.74) is 1.01. The zero-order chi connectivity index (χ0) is 11.4. The minimum atomic E-state index is 0. The molecule has 0 bridgehead atoms. The molecule has 1 fully saturated rings. The number of nitrogens with one attached hydrogen (secondary N) is 2. The predicted octanol–water partition coefficient (Wildman–Crippen LogP) is 0.458. The molecule has 0 aliphatic heterocycles. The lowest BCUT2D eigenvalue weighted by atomic mass is 10.4. The first-order valence-electron chi connectivity index (χ1n) is 5.70. The lowest BCUT2D eigenvalue weighted by Gasteiger charge is -2.06. The molecule has 1 heterocycles. The van der Waals surface area contributed by atoms with Crippen molar-refractivity contribution in [1.82, 2.24) is 20.4 Å². The molecule has 1 aromatic rings. The van der Waals surface area contributed by atoms with Crippen molar-refractivity contribution in [2.45, 2.75) is 19.4 Å². The molecular weight excluding hydrogens is 240 g/mol. The summed E-state index contributed by atoms with van der Waals surface area (Å²) in [6.07, 6.45) is 4.35. The number of aromatic nitrogens is 2. The van der Waals surface area contributed by atoms with Gasteiger partial charge in [0.1, 0.15) is 0 Å². The summed E-state index contributed by atoms with van der Waals surface area (Å²) in [6.45, 7) is 1.92. The van der Waals surface area contributed by atoms with Gasteiger partial charge in [-0.3, -0.25) is 9.48 Å². The zero-order valence-corrected chi connectivity index (χ0v) is 10.8. The van der Waals surface area contributed by atoms with Crippen LogP contribution in [0, 0.1) is 5.92 Å². The number of hydrogen-bond acceptors (Lipinski definition) is 3. The second-order valence-electron chi connectivity index (χ2n) is 4.30. The van der Waals surface area contributed by atoms with Gasteiger partial charge in [-0.15, -0.1) is 12.4 Å². The van der Waals surface area contributed by atoms with Crippen LogP contribution in [0.15, 0.2) is 12.3 Å². The van der Waals surface area contributed by atoms with Crippen molar-refractivity contribution in [2.24, 2.45) is 13.0 Å². The van der Waals surface area contributed by atoms with Crippen molar-refractivity contribution >= 4 is 18.3 Å². The van der Waals surface area contributed by atoms with Crippen molar-refractivity contribution in [3.8, 4) is 0 Å². The van der Waals surface area contributed by atoms with Crippen molar-refractivity contribution in [3.05, 3.63) is 18.0 Å². The Morgan fingerprint density at radius 3 is 2.94 bits per heavy atom. The minimum Gasteiger partial charge on any atom is -0.349 e. The molecular formula is C11H19ClN4O. The fourth-order valence-electron chi connectivity index (χ4n) is 1.54. The Bertz CT molecular complexity index is 362. The molecule has 0 saturated heterocycles. The van der Waals surface area contributed by atoms with E-state index in [0.29, 0.717) is 13.1 Å². The van der Waals surface area contributed by atoms with Gasteiger partial charge in [-0.25, -0.2) is 0 Å². The summed E-state index contributed by atoms with van der Waals surface area (Å²) in [5.74, 6) is 0.853. The molecule has 1 aromatic heterocycles. The van der Waals surface area contributed by atoms with Crippen molar-refractivity contribution in [3.63, 3.8) is 0 Å². The van der Waals surface area contributed by atoms with Crippen LogP contribution in [0.3, 0.4) is 0 Å². The van der Waals surface area contributed by atoms with Gasteiger partial charge < -0.3 is 10.6 Å². The maximum Gasteiger partial charge on any atom is 0.234 e. The van der Waals surface area contributed by atoms with Crippen LogP contribution < -0.4 is 10.6 Å². The summed E-state index contributed by atoms with van der Waals surface area (Å²) in [7, 11) is 1.87. The van der Waals surface area contributed by atoms with E-state index in [1.54, 1.807) is 10.9 Å². The number of rotatable bonds is 6. The summed E-state index contributed by atoms with van der Waals surface area (Å²) in [5, 5.41) is 10.1. The molecule has 1 aliphatic carbocycles. The quantitative estimate of drug-likeness (QED) is 0.779. The Morgan fingerprint density at radius 2 is 2.35 bits per heavy atom. The third-order valence-electron chi connectivity index (χ3n) is 2.80. The van der Waals surface area contributed by atoms with Crippen LogP contribution in [0.2, 0.25) is 0 Å². The van der Waals surface area contributed by atoms with Gasteiger partial charge in [0.05, 0.1) is 18.8 Å². The number of hydrogen-bond donors (Lipinski definition) is 2. The monoisotopic (exact) mass is 258 g/mol. The zero-order valence-electron chi connectivity index (χ0n) is 9.98. The molecule has 96 valence electrons. The number of carbonyl (C=O) groups is 1. The normalized spacial score (nSPS) is 14.2. The largest absolute Gasteiger partial charge is 0.349 e. The first-order valence-corrected chi connectivity index (χ1v) is 5.70. The van der Waals surface area contributed by atoms with Crippen LogP contribution in [0.25, 0.3) is 0 Å². The second-order valence-corrected chi connectivity index (χ2v) is 4.30. The molecule has 1 saturated carbocycles. The molecule has 5 nitrogen and oxygen atoms in total. The highest BCUT2D eigenvalue weighted by Gasteiger charge is 2.20. The lowest BCUT2D eigenvalue weighted by Crippen LogP contribution is -2.34. The van der Waals surface area contributed by atoms with E-state index < -0.39 is 0 Å². The summed E-state index contributed by atoms with van der Waals surface area (Å²) < 4.78 is 1.76.